The van der Waals surface area contributed by atoms with Crippen LogP contribution in [0.4, 0.5) is 14.7 Å². The summed E-state index contributed by atoms with van der Waals surface area (Å²) < 4.78 is 29.6. The highest BCUT2D eigenvalue weighted by atomic mass is 19.3. The fraction of sp³-hybridized carbons (Fsp3) is 0.368. The molecule has 9 heteroatoms. The summed E-state index contributed by atoms with van der Waals surface area (Å²) in [6.45, 7) is 1.28. The molecule has 3 rings (SSSR count). The maximum Gasteiger partial charge on any atom is 0.272 e. The Morgan fingerprint density at radius 1 is 1.29 bits per heavy atom. The third kappa shape index (κ3) is 5.70. The van der Waals surface area contributed by atoms with Crippen molar-refractivity contribution in [3.8, 4) is 5.75 Å². The molecule has 1 fully saturated rings. The van der Waals surface area contributed by atoms with Gasteiger partial charge in [-0.3, -0.25) is 14.9 Å². The van der Waals surface area contributed by atoms with Crippen molar-refractivity contribution in [2.24, 2.45) is 5.92 Å². The number of amides is 2. The molecule has 28 heavy (non-hydrogen) atoms. The molecule has 0 aliphatic heterocycles. The number of rotatable bonds is 8. The van der Waals surface area contributed by atoms with Gasteiger partial charge in [0.2, 0.25) is 11.9 Å². The molecule has 0 radical (unpaired) electrons. The lowest BCUT2D eigenvalue weighted by molar-refractivity contribution is -0.117. The Bertz CT molecular complexity index is 872. The van der Waals surface area contributed by atoms with Gasteiger partial charge in [0.05, 0.1) is 0 Å². The molecule has 2 N–H and O–H groups in total. The standard InChI is InChI=1S/C19H20F2N4O3/c1-11-6-12(8-14(7-11)28-10-16(20)21)9-23-18(27)15-4-5-22-19(24-15)25-17(26)13-2-3-13/h4-8,13,16H,2-3,9-10H2,1H3,(H,23,27)(H,22,24,25,26). The molecule has 0 saturated heterocycles. The fourth-order valence-corrected chi connectivity index (χ4v) is 2.55. The Hall–Kier alpha value is -3.10. The molecule has 1 heterocycles. The van der Waals surface area contributed by atoms with E-state index >= 15 is 0 Å². The molecule has 0 spiro atoms. The second kappa shape index (κ2) is 8.73. The third-order valence-electron chi connectivity index (χ3n) is 4.01. The minimum Gasteiger partial charge on any atom is -0.488 e. The summed E-state index contributed by atoms with van der Waals surface area (Å²) in [6.07, 6.45) is 0.542. The summed E-state index contributed by atoms with van der Waals surface area (Å²) >= 11 is 0. The van der Waals surface area contributed by atoms with Crippen molar-refractivity contribution in [1.82, 2.24) is 15.3 Å². The van der Waals surface area contributed by atoms with E-state index in [-0.39, 0.29) is 30.0 Å². The average molecular weight is 390 g/mol. The van der Waals surface area contributed by atoms with E-state index in [0.29, 0.717) is 11.3 Å². The van der Waals surface area contributed by atoms with Crippen LogP contribution in [0.15, 0.2) is 30.5 Å². The molecule has 2 amide bonds. The number of ether oxygens (including phenoxy) is 1. The normalized spacial score (nSPS) is 13.3. The maximum absolute atomic E-state index is 12.3. The summed E-state index contributed by atoms with van der Waals surface area (Å²) in [4.78, 5) is 32.1. The Morgan fingerprint density at radius 3 is 2.79 bits per heavy atom. The van der Waals surface area contributed by atoms with Gasteiger partial charge in [-0.05, 0) is 49.1 Å². The van der Waals surface area contributed by atoms with Gasteiger partial charge in [0.15, 0.2) is 0 Å². The van der Waals surface area contributed by atoms with Crippen molar-refractivity contribution in [2.45, 2.75) is 32.7 Å². The number of hydrogen-bond donors (Lipinski definition) is 2. The summed E-state index contributed by atoms with van der Waals surface area (Å²) in [5.41, 5.74) is 1.64. The number of carbonyl (C=O) groups excluding carboxylic acids is 2. The van der Waals surface area contributed by atoms with E-state index < -0.39 is 18.9 Å². The second-order valence-corrected chi connectivity index (χ2v) is 6.57. The molecule has 0 atom stereocenters. The first-order chi connectivity index (χ1) is 13.4. The predicted molar refractivity (Wildman–Crippen MR) is 97.2 cm³/mol. The molecule has 0 unspecified atom stereocenters. The monoisotopic (exact) mass is 390 g/mol. The molecule has 1 saturated carbocycles. The third-order valence-corrected chi connectivity index (χ3v) is 4.01. The van der Waals surface area contributed by atoms with Crippen LogP contribution in [0, 0.1) is 12.8 Å². The molecular formula is C19H20F2N4O3. The van der Waals surface area contributed by atoms with Crippen LogP contribution >= 0.6 is 0 Å². The molecule has 1 aromatic heterocycles. The Kier molecular flexibility index (Phi) is 6.13. The first-order valence-electron chi connectivity index (χ1n) is 8.84. The van der Waals surface area contributed by atoms with Gasteiger partial charge in [-0.1, -0.05) is 6.07 Å². The molecule has 0 bridgehead atoms. The molecule has 7 nitrogen and oxygen atoms in total. The maximum atomic E-state index is 12.3. The van der Waals surface area contributed by atoms with Gasteiger partial charge in [0.1, 0.15) is 18.1 Å². The molecule has 148 valence electrons. The van der Waals surface area contributed by atoms with Gasteiger partial charge in [-0.2, -0.15) is 0 Å². The molecule has 2 aromatic rings. The number of hydrogen-bond acceptors (Lipinski definition) is 5. The first kappa shape index (κ1) is 19.7. The SMILES string of the molecule is Cc1cc(CNC(=O)c2ccnc(NC(=O)C3CC3)n2)cc(OCC(F)F)c1. The highest BCUT2D eigenvalue weighted by Crippen LogP contribution is 2.29. The van der Waals surface area contributed by atoms with Crippen LogP contribution < -0.4 is 15.4 Å². The van der Waals surface area contributed by atoms with Crippen molar-refractivity contribution < 1.29 is 23.1 Å². The van der Waals surface area contributed by atoms with E-state index in [1.807, 2.05) is 6.07 Å². The predicted octanol–water partition coefficient (Wildman–Crippen LogP) is 2.71. The molecule has 1 aliphatic rings. The fourth-order valence-electron chi connectivity index (χ4n) is 2.55. The largest absolute Gasteiger partial charge is 0.488 e. The van der Waals surface area contributed by atoms with Gasteiger partial charge in [-0.25, -0.2) is 18.7 Å². The minimum atomic E-state index is -2.56. The average Bonchev–Trinajstić information content (AvgIpc) is 3.49. The number of aromatic nitrogens is 2. The van der Waals surface area contributed by atoms with E-state index in [2.05, 4.69) is 20.6 Å². The number of halogens is 2. The van der Waals surface area contributed by atoms with Crippen LogP contribution in [-0.4, -0.2) is 34.8 Å². The van der Waals surface area contributed by atoms with Crippen molar-refractivity contribution in [1.29, 1.82) is 0 Å². The van der Waals surface area contributed by atoms with Gasteiger partial charge in [0.25, 0.3) is 12.3 Å². The minimum absolute atomic E-state index is 0.00360. The molecule has 1 aliphatic carbocycles. The quantitative estimate of drug-likeness (QED) is 0.723. The lowest BCUT2D eigenvalue weighted by Gasteiger charge is -2.10. The van der Waals surface area contributed by atoms with Crippen LogP contribution in [0.2, 0.25) is 0 Å². The smallest absolute Gasteiger partial charge is 0.272 e. The van der Waals surface area contributed by atoms with Crippen LogP contribution in [-0.2, 0) is 11.3 Å². The van der Waals surface area contributed by atoms with Crippen LogP contribution in [0.3, 0.4) is 0 Å². The zero-order valence-electron chi connectivity index (χ0n) is 15.2. The number of carbonyl (C=O) groups is 2. The van der Waals surface area contributed by atoms with Crippen molar-refractivity contribution in [3.05, 3.63) is 47.3 Å². The number of nitrogens with one attached hydrogen (secondary N) is 2. The van der Waals surface area contributed by atoms with E-state index in [1.165, 1.54) is 12.3 Å². The zero-order chi connectivity index (χ0) is 20.1. The van der Waals surface area contributed by atoms with Crippen molar-refractivity contribution in [2.75, 3.05) is 11.9 Å². The Balaban J connectivity index is 1.60. The summed E-state index contributed by atoms with van der Waals surface area (Å²) in [7, 11) is 0. The van der Waals surface area contributed by atoms with Crippen LogP contribution in [0.1, 0.15) is 34.5 Å². The summed E-state index contributed by atoms with van der Waals surface area (Å²) in [6, 6.07) is 6.50. The highest BCUT2D eigenvalue weighted by molar-refractivity contribution is 5.94. The van der Waals surface area contributed by atoms with E-state index in [9.17, 15) is 18.4 Å². The summed E-state index contributed by atoms with van der Waals surface area (Å²) in [5, 5.41) is 5.30. The highest BCUT2D eigenvalue weighted by Gasteiger charge is 2.30. The van der Waals surface area contributed by atoms with Gasteiger partial charge < -0.3 is 10.1 Å². The zero-order valence-corrected chi connectivity index (χ0v) is 15.2. The van der Waals surface area contributed by atoms with Gasteiger partial charge >= 0.3 is 0 Å². The van der Waals surface area contributed by atoms with E-state index in [0.717, 1.165) is 18.4 Å². The number of anilines is 1. The lowest BCUT2D eigenvalue weighted by Crippen LogP contribution is -2.25. The first-order valence-corrected chi connectivity index (χ1v) is 8.84. The number of nitrogens with zero attached hydrogens (tertiary/aromatic N) is 2. The van der Waals surface area contributed by atoms with Crippen molar-refractivity contribution >= 4 is 17.8 Å². The number of aryl methyl sites for hydroxylation is 1. The number of benzene rings is 1. The van der Waals surface area contributed by atoms with Gasteiger partial charge in [0, 0.05) is 18.7 Å². The second-order valence-electron chi connectivity index (χ2n) is 6.57. The Labute approximate surface area is 160 Å². The molecular weight excluding hydrogens is 370 g/mol. The van der Waals surface area contributed by atoms with E-state index in [4.69, 9.17) is 4.74 Å². The number of alkyl halides is 2. The van der Waals surface area contributed by atoms with Gasteiger partial charge in [-0.15, -0.1) is 0 Å². The topological polar surface area (TPSA) is 93.2 Å². The summed E-state index contributed by atoms with van der Waals surface area (Å²) in [5.74, 6) is -0.183. The van der Waals surface area contributed by atoms with Crippen molar-refractivity contribution in [3.63, 3.8) is 0 Å². The lowest BCUT2D eigenvalue weighted by atomic mass is 10.1. The van der Waals surface area contributed by atoms with Crippen LogP contribution in [0.25, 0.3) is 0 Å². The van der Waals surface area contributed by atoms with Crippen LogP contribution in [0.5, 0.6) is 5.75 Å². The van der Waals surface area contributed by atoms with E-state index in [1.54, 1.807) is 19.1 Å². The molecule has 1 aromatic carbocycles. The Morgan fingerprint density at radius 2 is 2.07 bits per heavy atom.